The number of hydrogen-bond donors (Lipinski definition) is 0. The SMILES string of the molecule is CC(Oc1cccnc1[N+](=O)[O-])c1c(F)ccc(F)c1Cl. The Morgan fingerprint density at radius 2 is 2.00 bits per heavy atom. The molecule has 0 saturated carbocycles. The van der Waals surface area contributed by atoms with Crippen molar-refractivity contribution in [2.75, 3.05) is 0 Å². The first-order valence-corrected chi connectivity index (χ1v) is 6.19. The fourth-order valence-electron chi connectivity index (χ4n) is 1.78. The normalized spacial score (nSPS) is 12.0. The van der Waals surface area contributed by atoms with E-state index in [0.717, 1.165) is 12.1 Å². The Morgan fingerprint density at radius 3 is 2.67 bits per heavy atom. The highest BCUT2D eigenvalue weighted by atomic mass is 35.5. The van der Waals surface area contributed by atoms with E-state index in [2.05, 4.69) is 4.98 Å². The molecule has 1 atom stereocenters. The molecular weight excluding hydrogens is 306 g/mol. The van der Waals surface area contributed by atoms with E-state index in [4.69, 9.17) is 16.3 Å². The number of nitro groups is 1. The smallest absolute Gasteiger partial charge is 0.406 e. The summed E-state index contributed by atoms with van der Waals surface area (Å²) in [6.45, 7) is 1.40. The van der Waals surface area contributed by atoms with Crippen LogP contribution in [-0.4, -0.2) is 9.91 Å². The maximum Gasteiger partial charge on any atom is 0.406 e. The number of nitrogens with zero attached hydrogens (tertiary/aromatic N) is 2. The summed E-state index contributed by atoms with van der Waals surface area (Å²) in [7, 11) is 0. The van der Waals surface area contributed by atoms with Gasteiger partial charge in [0.15, 0.2) is 0 Å². The third-order valence-electron chi connectivity index (χ3n) is 2.71. The lowest BCUT2D eigenvalue weighted by molar-refractivity contribution is -0.390. The van der Waals surface area contributed by atoms with Crippen molar-refractivity contribution in [1.29, 1.82) is 0 Å². The summed E-state index contributed by atoms with van der Waals surface area (Å²) in [5, 5.41) is 10.4. The second kappa shape index (κ2) is 6.01. The zero-order valence-electron chi connectivity index (χ0n) is 10.7. The minimum atomic E-state index is -1.03. The van der Waals surface area contributed by atoms with Crippen molar-refractivity contribution in [2.45, 2.75) is 13.0 Å². The lowest BCUT2D eigenvalue weighted by Crippen LogP contribution is -2.09. The van der Waals surface area contributed by atoms with Gasteiger partial charge in [0.1, 0.15) is 23.9 Å². The zero-order valence-corrected chi connectivity index (χ0v) is 11.5. The van der Waals surface area contributed by atoms with Crippen LogP contribution in [0.5, 0.6) is 5.75 Å². The molecule has 110 valence electrons. The van der Waals surface area contributed by atoms with Crippen molar-refractivity contribution >= 4 is 17.4 Å². The molecule has 2 aromatic rings. The average Bonchev–Trinajstić information content (AvgIpc) is 2.43. The number of rotatable bonds is 4. The Kier molecular flexibility index (Phi) is 4.32. The minimum Gasteiger partial charge on any atom is -0.478 e. The molecule has 5 nitrogen and oxygen atoms in total. The van der Waals surface area contributed by atoms with E-state index >= 15 is 0 Å². The number of ether oxygens (including phenoxy) is 1. The quantitative estimate of drug-likeness (QED) is 0.485. The second-order valence-corrected chi connectivity index (χ2v) is 4.48. The Labute approximate surface area is 123 Å². The topological polar surface area (TPSA) is 65.3 Å². The zero-order chi connectivity index (χ0) is 15.6. The van der Waals surface area contributed by atoms with Crippen molar-refractivity contribution < 1.29 is 18.4 Å². The first-order chi connectivity index (χ1) is 9.91. The number of halogens is 3. The lowest BCUT2D eigenvalue weighted by atomic mass is 10.1. The molecule has 1 heterocycles. The van der Waals surface area contributed by atoms with Crippen LogP contribution in [0.3, 0.4) is 0 Å². The summed E-state index contributed by atoms with van der Waals surface area (Å²) in [6, 6.07) is 4.54. The summed E-state index contributed by atoms with van der Waals surface area (Å²) in [4.78, 5) is 13.7. The second-order valence-electron chi connectivity index (χ2n) is 4.10. The summed E-state index contributed by atoms with van der Waals surface area (Å²) >= 11 is 5.72. The van der Waals surface area contributed by atoms with Gasteiger partial charge in [-0.15, -0.1) is 0 Å². The van der Waals surface area contributed by atoms with Gasteiger partial charge in [-0.3, -0.25) is 0 Å². The summed E-state index contributed by atoms with van der Waals surface area (Å²) in [5.74, 6) is -2.24. The Morgan fingerprint density at radius 1 is 1.33 bits per heavy atom. The molecule has 0 saturated heterocycles. The number of aromatic nitrogens is 1. The van der Waals surface area contributed by atoms with E-state index in [-0.39, 0.29) is 11.3 Å². The Bertz CT molecular complexity index is 697. The van der Waals surface area contributed by atoms with Crippen LogP contribution < -0.4 is 4.74 Å². The molecule has 0 radical (unpaired) electrons. The van der Waals surface area contributed by atoms with Crippen molar-refractivity contribution in [3.63, 3.8) is 0 Å². The predicted octanol–water partition coefficient (Wildman–Crippen LogP) is 4.06. The fraction of sp³-hybridized carbons (Fsp3) is 0.154. The van der Waals surface area contributed by atoms with Crippen LogP contribution >= 0.6 is 11.6 Å². The molecule has 2 rings (SSSR count). The third kappa shape index (κ3) is 3.08. The Hall–Kier alpha value is -2.28. The molecular formula is C13H9ClF2N2O3. The molecule has 0 spiro atoms. The van der Waals surface area contributed by atoms with Crippen molar-refractivity contribution in [1.82, 2.24) is 4.98 Å². The van der Waals surface area contributed by atoms with Gasteiger partial charge in [0.2, 0.25) is 5.75 Å². The van der Waals surface area contributed by atoms with Crippen LogP contribution in [0.4, 0.5) is 14.6 Å². The maximum absolute atomic E-state index is 13.8. The molecule has 0 aliphatic heterocycles. The molecule has 0 amide bonds. The molecule has 21 heavy (non-hydrogen) atoms. The molecule has 1 aromatic carbocycles. The highest BCUT2D eigenvalue weighted by molar-refractivity contribution is 6.31. The van der Waals surface area contributed by atoms with Crippen LogP contribution in [0.2, 0.25) is 5.02 Å². The van der Waals surface area contributed by atoms with Crippen LogP contribution in [-0.2, 0) is 0 Å². The molecule has 0 fully saturated rings. The molecule has 1 aromatic heterocycles. The molecule has 0 aliphatic carbocycles. The first-order valence-electron chi connectivity index (χ1n) is 5.81. The first kappa shape index (κ1) is 15.1. The number of pyridine rings is 1. The van der Waals surface area contributed by atoms with Gasteiger partial charge >= 0.3 is 5.82 Å². The van der Waals surface area contributed by atoms with Crippen LogP contribution in [0.1, 0.15) is 18.6 Å². The lowest BCUT2D eigenvalue weighted by Gasteiger charge is -2.16. The maximum atomic E-state index is 13.8. The predicted molar refractivity (Wildman–Crippen MR) is 71.3 cm³/mol. The van der Waals surface area contributed by atoms with E-state index in [1.807, 2.05) is 0 Å². The van der Waals surface area contributed by atoms with Gasteiger partial charge in [0.25, 0.3) is 0 Å². The molecule has 1 unspecified atom stereocenters. The standard InChI is InChI=1S/C13H9ClF2N2O3/c1-7(11-8(15)4-5-9(16)12(11)14)21-10-3-2-6-17-13(10)18(19)20/h2-7H,1H3. The number of benzene rings is 1. The Balaban J connectivity index is 2.38. The highest BCUT2D eigenvalue weighted by Crippen LogP contribution is 2.33. The fourth-order valence-corrected chi connectivity index (χ4v) is 2.08. The summed E-state index contributed by atoms with van der Waals surface area (Å²) in [6.07, 6.45) is 0.196. The van der Waals surface area contributed by atoms with Gasteiger partial charge in [0, 0.05) is 5.56 Å². The van der Waals surface area contributed by atoms with Gasteiger partial charge < -0.3 is 14.9 Å². The van der Waals surface area contributed by atoms with E-state index in [9.17, 15) is 18.9 Å². The summed E-state index contributed by atoms with van der Waals surface area (Å²) < 4.78 is 32.5. The average molecular weight is 315 g/mol. The van der Waals surface area contributed by atoms with E-state index in [0.29, 0.717) is 0 Å². The van der Waals surface area contributed by atoms with Crippen molar-refractivity contribution in [3.05, 3.63) is 62.8 Å². The molecule has 8 heteroatoms. The van der Waals surface area contributed by atoms with Gasteiger partial charge in [-0.1, -0.05) is 11.6 Å². The van der Waals surface area contributed by atoms with Gasteiger partial charge in [-0.05, 0) is 41.1 Å². The van der Waals surface area contributed by atoms with Crippen molar-refractivity contribution in [3.8, 4) is 5.75 Å². The molecule has 0 aliphatic rings. The van der Waals surface area contributed by atoms with Gasteiger partial charge in [-0.25, -0.2) is 8.78 Å². The largest absolute Gasteiger partial charge is 0.478 e. The van der Waals surface area contributed by atoms with Gasteiger partial charge in [-0.2, -0.15) is 0 Å². The van der Waals surface area contributed by atoms with Crippen molar-refractivity contribution in [2.24, 2.45) is 0 Å². The van der Waals surface area contributed by atoms with E-state index in [1.165, 1.54) is 25.3 Å². The molecule has 0 N–H and O–H groups in total. The van der Waals surface area contributed by atoms with E-state index < -0.39 is 33.5 Å². The molecule has 0 bridgehead atoms. The van der Waals surface area contributed by atoms with Crippen LogP contribution in [0.15, 0.2) is 30.5 Å². The van der Waals surface area contributed by atoms with Crippen LogP contribution in [0.25, 0.3) is 0 Å². The minimum absolute atomic E-state index is 0.158. The monoisotopic (exact) mass is 314 g/mol. The van der Waals surface area contributed by atoms with E-state index in [1.54, 1.807) is 0 Å². The van der Waals surface area contributed by atoms with Gasteiger partial charge in [0.05, 0.1) is 5.02 Å². The van der Waals surface area contributed by atoms with Crippen LogP contribution in [0, 0.1) is 21.7 Å². The summed E-state index contributed by atoms with van der Waals surface area (Å²) in [5.41, 5.74) is -0.213. The number of hydrogen-bond acceptors (Lipinski definition) is 4. The highest BCUT2D eigenvalue weighted by Gasteiger charge is 2.23. The third-order valence-corrected chi connectivity index (χ3v) is 3.10.